The van der Waals surface area contributed by atoms with E-state index in [1.54, 1.807) is 31.5 Å². The van der Waals surface area contributed by atoms with Gasteiger partial charge in [-0.3, -0.25) is 0 Å². The van der Waals surface area contributed by atoms with E-state index in [1.165, 1.54) is 12.1 Å². The zero-order valence-corrected chi connectivity index (χ0v) is 12.6. The zero-order valence-electron chi connectivity index (χ0n) is 11.8. The molecule has 1 aromatic carbocycles. The lowest BCUT2D eigenvalue weighted by Gasteiger charge is -2.17. The van der Waals surface area contributed by atoms with Crippen LogP contribution < -0.4 is 15.4 Å². The van der Waals surface area contributed by atoms with Gasteiger partial charge in [0.2, 0.25) is 5.88 Å². The maximum atomic E-state index is 12.9. The van der Waals surface area contributed by atoms with Gasteiger partial charge < -0.3 is 15.4 Å². The topological polar surface area (TPSA) is 46.2 Å². The molecular formula is C15H16FN3OS. The molecule has 6 heteroatoms. The number of ether oxygens (including phenoxy) is 1. The average Bonchev–Trinajstić information content (AvgIpc) is 2.48. The molecular weight excluding hydrogens is 289 g/mol. The highest BCUT2D eigenvalue weighted by Crippen LogP contribution is 2.14. The van der Waals surface area contributed by atoms with E-state index < -0.39 is 0 Å². The van der Waals surface area contributed by atoms with Crippen molar-refractivity contribution in [3.8, 4) is 5.88 Å². The number of aromatic nitrogens is 1. The second-order valence-electron chi connectivity index (χ2n) is 4.46. The molecule has 0 aliphatic carbocycles. The van der Waals surface area contributed by atoms with Gasteiger partial charge in [-0.15, -0.1) is 0 Å². The lowest BCUT2D eigenvalue weighted by atomic mass is 10.1. The van der Waals surface area contributed by atoms with Crippen LogP contribution >= 0.6 is 12.2 Å². The van der Waals surface area contributed by atoms with Crippen molar-refractivity contribution in [2.24, 2.45) is 0 Å². The van der Waals surface area contributed by atoms with Crippen molar-refractivity contribution in [3.05, 3.63) is 54.0 Å². The van der Waals surface area contributed by atoms with E-state index in [0.717, 1.165) is 11.3 Å². The van der Waals surface area contributed by atoms with E-state index in [9.17, 15) is 4.39 Å². The number of thiocarbonyl (C=S) groups is 1. The van der Waals surface area contributed by atoms with Crippen molar-refractivity contribution < 1.29 is 9.13 Å². The van der Waals surface area contributed by atoms with Crippen LogP contribution in [0.25, 0.3) is 0 Å². The molecule has 110 valence electrons. The summed E-state index contributed by atoms with van der Waals surface area (Å²) in [6.45, 7) is 1.95. The molecule has 2 aromatic rings. The first kappa shape index (κ1) is 15.2. The predicted molar refractivity (Wildman–Crippen MR) is 85.0 cm³/mol. The molecule has 0 bridgehead atoms. The van der Waals surface area contributed by atoms with Crippen molar-refractivity contribution >= 4 is 23.0 Å². The quantitative estimate of drug-likeness (QED) is 0.849. The largest absolute Gasteiger partial charge is 0.481 e. The fourth-order valence-corrected chi connectivity index (χ4v) is 2.07. The number of anilines is 1. The van der Waals surface area contributed by atoms with Gasteiger partial charge in [-0.2, -0.15) is 0 Å². The number of nitrogens with one attached hydrogen (secondary N) is 2. The average molecular weight is 305 g/mol. The number of nitrogens with zero attached hydrogens (tertiary/aromatic N) is 1. The molecule has 2 rings (SSSR count). The fraction of sp³-hybridized carbons (Fsp3) is 0.200. The molecule has 0 radical (unpaired) electrons. The van der Waals surface area contributed by atoms with Gasteiger partial charge in [0.15, 0.2) is 5.11 Å². The van der Waals surface area contributed by atoms with Gasteiger partial charge in [-0.05, 0) is 42.9 Å². The summed E-state index contributed by atoms with van der Waals surface area (Å²) in [5.41, 5.74) is 1.72. The minimum absolute atomic E-state index is 0.0307. The minimum atomic E-state index is -0.254. The van der Waals surface area contributed by atoms with Gasteiger partial charge in [0, 0.05) is 6.07 Å². The second kappa shape index (κ2) is 6.99. The third-order valence-corrected chi connectivity index (χ3v) is 3.14. The van der Waals surface area contributed by atoms with Crippen LogP contribution in [0.3, 0.4) is 0 Å². The van der Waals surface area contributed by atoms with Gasteiger partial charge in [0.25, 0.3) is 0 Å². The van der Waals surface area contributed by atoms with Crippen LogP contribution in [-0.2, 0) is 0 Å². The predicted octanol–water partition coefficient (Wildman–Crippen LogP) is 3.28. The standard InChI is InChI=1S/C15H16FN3OS/c1-10(11-3-5-12(16)6-4-11)18-15(21)19-13-7-8-14(20-2)17-9-13/h3-10H,1-2H3,(H2,18,19,21). The smallest absolute Gasteiger partial charge is 0.213 e. The minimum Gasteiger partial charge on any atom is -0.481 e. The fourth-order valence-electron chi connectivity index (χ4n) is 1.77. The first-order chi connectivity index (χ1) is 10.1. The molecule has 0 aliphatic rings. The van der Waals surface area contributed by atoms with Gasteiger partial charge in [0.1, 0.15) is 5.82 Å². The van der Waals surface area contributed by atoms with Crippen LogP contribution in [0.5, 0.6) is 5.88 Å². The molecule has 1 atom stereocenters. The molecule has 0 saturated carbocycles. The first-order valence-corrected chi connectivity index (χ1v) is 6.82. The van der Waals surface area contributed by atoms with Crippen molar-refractivity contribution in [2.45, 2.75) is 13.0 Å². The normalized spacial score (nSPS) is 11.6. The van der Waals surface area contributed by atoms with Gasteiger partial charge in [-0.1, -0.05) is 12.1 Å². The Kier molecular flexibility index (Phi) is 5.05. The number of benzene rings is 1. The molecule has 1 unspecified atom stereocenters. The maximum absolute atomic E-state index is 12.9. The molecule has 0 spiro atoms. The molecule has 21 heavy (non-hydrogen) atoms. The maximum Gasteiger partial charge on any atom is 0.213 e. The summed E-state index contributed by atoms with van der Waals surface area (Å²) in [7, 11) is 1.56. The zero-order chi connectivity index (χ0) is 15.2. The van der Waals surface area contributed by atoms with Crippen molar-refractivity contribution in [1.29, 1.82) is 0 Å². The molecule has 1 aromatic heterocycles. The first-order valence-electron chi connectivity index (χ1n) is 6.41. The Morgan fingerprint density at radius 2 is 1.95 bits per heavy atom. The molecule has 4 nitrogen and oxygen atoms in total. The van der Waals surface area contributed by atoms with Crippen molar-refractivity contribution in [2.75, 3.05) is 12.4 Å². The van der Waals surface area contributed by atoms with Crippen LogP contribution in [0.15, 0.2) is 42.6 Å². The van der Waals surface area contributed by atoms with Crippen LogP contribution in [0.4, 0.5) is 10.1 Å². The highest BCUT2D eigenvalue weighted by atomic mass is 32.1. The van der Waals surface area contributed by atoms with Crippen LogP contribution in [0, 0.1) is 5.82 Å². The third-order valence-electron chi connectivity index (χ3n) is 2.92. The van der Waals surface area contributed by atoms with Gasteiger partial charge >= 0.3 is 0 Å². The highest BCUT2D eigenvalue weighted by molar-refractivity contribution is 7.80. The molecule has 0 amide bonds. The number of hydrogen-bond acceptors (Lipinski definition) is 3. The van der Waals surface area contributed by atoms with Crippen molar-refractivity contribution in [1.82, 2.24) is 10.3 Å². The molecule has 2 N–H and O–H groups in total. The van der Waals surface area contributed by atoms with E-state index >= 15 is 0 Å². The lowest BCUT2D eigenvalue weighted by molar-refractivity contribution is 0.398. The lowest BCUT2D eigenvalue weighted by Crippen LogP contribution is -2.30. The molecule has 0 fully saturated rings. The molecule has 0 saturated heterocycles. The van der Waals surface area contributed by atoms with E-state index in [0.29, 0.717) is 11.0 Å². The molecule has 1 heterocycles. The second-order valence-corrected chi connectivity index (χ2v) is 4.87. The summed E-state index contributed by atoms with van der Waals surface area (Å²) in [5, 5.41) is 6.64. The Balaban J connectivity index is 1.92. The van der Waals surface area contributed by atoms with Crippen LogP contribution in [-0.4, -0.2) is 17.2 Å². The summed E-state index contributed by atoms with van der Waals surface area (Å²) in [4.78, 5) is 4.08. The number of halogens is 1. The summed E-state index contributed by atoms with van der Waals surface area (Å²) in [5.74, 6) is 0.287. The Bertz CT molecular complexity index is 601. The Morgan fingerprint density at radius 3 is 2.52 bits per heavy atom. The van der Waals surface area contributed by atoms with E-state index in [-0.39, 0.29) is 11.9 Å². The Labute approximate surface area is 128 Å². The van der Waals surface area contributed by atoms with E-state index in [4.69, 9.17) is 17.0 Å². The monoisotopic (exact) mass is 305 g/mol. The Morgan fingerprint density at radius 1 is 1.24 bits per heavy atom. The summed E-state index contributed by atoms with van der Waals surface area (Å²) in [6, 6.07) is 9.84. The van der Waals surface area contributed by atoms with E-state index in [2.05, 4.69) is 15.6 Å². The summed E-state index contributed by atoms with van der Waals surface area (Å²) in [6.07, 6.45) is 1.63. The van der Waals surface area contributed by atoms with Crippen LogP contribution in [0.2, 0.25) is 0 Å². The summed E-state index contributed by atoms with van der Waals surface area (Å²) < 4.78 is 17.9. The van der Waals surface area contributed by atoms with Crippen LogP contribution in [0.1, 0.15) is 18.5 Å². The number of pyridine rings is 1. The highest BCUT2D eigenvalue weighted by Gasteiger charge is 2.07. The number of methoxy groups -OCH3 is 1. The summed E-state index contributed by atoms with van der Waals surface area (Å²) >= 11 is 5.24. The number of rotatable bonds is 4. The third kappa shape index (κ3) is 4.39. The number of hydrogen-bond donors (Lipinski definition) is 2. The van der Waals surface area contributed by atoms with E-state index in [1.807, 2.05) is 13.0 Å². The van der Waals surface area contributed by atoms with Crippen molar-refractivity contribution in [3.63, 3.8) is 0 Å². The van der Waals surface area contributed by atoms with Gasteiger partial charge in [0.05, 0.1) is 25.0 Å². The van der Waals surface area contributed by atoms with Gasteiger partial charge in [-0.25, -0.2) is 9.37 Å². The Hall–Kier alpha value is -2.21. The SMILES string of the molecule is COc1ccc(NC(=S)NC(C)c2ccc(F)cc2)cn1. The molecule has 0 aliphatic heterocycles.